The van der Waals surface area contributed by atoms with Crippen LogP contribution >= 0.6 is 0 Å². The molecule has 0 spiro atoms. The number of piperidine rings is 2. The van der Waals surface area contributed by atoms with Gasteiger partial charge in [0.2, 0.25) is 0 Å². The molecule has 0 saturated carbocycles. The number of aromatic nitrogens is 6. The van der Waals surface area contributed by atoms with Gasteiger partial charge in [0.1, 0.15) is 24.3 Å². The molecule has 2 aliphatic rings. The van der Waals surface area contributed by atoms with Crippen LogP contribution in [0.15, 0.2) is 24.8 Å². The molecule has 0 aromatic carbocycles. The molecule has 32 heavy (non-hydrogen) atoms. The van der Waals surface area contributed by atoms with E-state index < -0.39 is 0 Å². The Bertz CT molecular complexity index is 797. The molecule has 0 N–H and O–H groups in total. The minimum atomic E-state index is 0.415. The van der Waals surface area contributed by atoms with Crippen LogP contribution < -0.4 is 0 Å². The van der Waals surface area contributed by atoms with E-state index in [0.29, 0.717) is 23.9 Å². The highest BCUT2D eigenvalue weighted by atomic mass is 15.3. The topological polar surface area (TPSA) is 67.9 Å². The number of likely N-dealkylation sites (tertiary alicyclic amines) is 2. The van der Waals surface area contributed by atoms with Gasteiger partial charge < -0.3 is 9.13 Å². The predicted octanol–water partition coefficient (Wildman–Crippen LogP) is 3.65. The van der Waals surface area contributed by atoms with Gasteiger partial charge in [-0.3, -0.25) is 9.80 Å². The highest BCUT2D eigenvalue weighted by molar-refractivity contribution is 5.03. The Hall–Kier alpha value is -2.06. The predicted molar refractivity (Wildman–Crippen MR) is 127 cm³/mol. The molecule has 2 aromatic rings. The number of hydrogen-bond donors (Lipinski definition) is 0. The van der Waals surface area contributed by atoms with Crippen LogP contribution in [0.4, 0.5) is 0 Å². The zero-order valence-corrected chi connectivity index (χ0v) is 20.3. The molecule has 2 unspecified atom stereocenters. The standard InChI is InChI=1S/C24H40N8/c1-19(2)31-17-25-27-23(31)21-9-7-13-29(15-21)11-5-6-12-30-14-8-10-22(16-30)24-28-26-18-32(24)20(3)4/h5-6,17-22H,7-16H2,1-4H3/b6-5+. The Morgan fingerprint density at radius 3 is 1.62 bits per heavy atom. The van der Waals surface area contributed by atoms with Gasteiger partial charge >= 0.3 is 0 Å². The van der Waals surface area contributed by atoms with Crippen LogP contribution in [-0.4, -0.2) is 78.6 Å². The first-order chi connectivity index (χ1) is 15.5. The number of hydrogen-bond acceptors (Lipinski definition) is 6. The first-order valence-electron chi connectivity index (χ1n) is 12.4. The molecule has 0 aliphatic carbocycles. The Balaban J connectivity index is 1.26. The van der Waals surface area contributed by atoms with Gasteiger partial charge in [-0.05, 0) is 66.5 Å². The monoisotopic (exact) mass is 440 g/mol. The summed E-state index contributed by atoms with van der Waals surface area (Å²) in [4.78, 5) is 5.13. The van der Waals surface area contributed by atoms with E-state index in [-0.39, 0.29) is 0 Å². The molecule has 2 atom stereocenters. The Morgan fingerprint density at radius 2 is 1.22 bits per heavy atom. The molecule has 8 nitrogen and oxygen atoms in total. The summed E-state index contributed by atoms with van der Waals surface area (Å²) in [7, 11) is 0. The van der Waals surface area contributed by atoms with Crippen LogP contribution in [0.5, 0.6) is 0 Å². The van der Waals surface area contributed by atoms with Gasteiger partial charge in [-0.15, -0.1) is 20.4 Å². The summed E-state index contributed by atoms with van der Waals surface area (Å²) in [6.45, 7) is 15.3. The molecular formula is C24H40N8. The van der Waals surface area contributed by atoms with Crippen molar-refractivity contribution in [1.29, 1.82) is 0 Å². The third-order valence-electron chi connectivity index (χ3n) is 6.95. The van der Waals surface area contributed by atoms with Gasteiger partial charge in [0.15, 0.2) is 0 Å². The smallest absolute Gasteiger partial charge is 0.137 e. The van der Waals surface area contributed by atoms with Gasteiger partial charge in [0.25, 0.3) is 0 Å². The van der Waals surface area contributed by atoms with Crippen molar-refractivity contribution in [3.8, 4) is 0 Å². The van der Waals surface area contributed by atoms with Crippen molar-refractivity contribution < 1.29 is 0 Å². The lowest BCUT2D eigenvalue weighted by molar-refractivity contribution is 0.215. The van der Waals surface area contributed by atoms with Crippen LogP contribution in [0.1, 0.15) is 88.9 Å². The fourth-order valence-corrected chi connectivity index (χ4v) is 5.19. The average Bonchev–Trinajstić information content (AvgIpc) is 3.47. The molecule has 2 aliphatic heterocycles. The quantitative estimate of drug-likeness (QED) is 0.584. The lowest BCUT2D eigenvalue weighted by atomic mass is 9.96. The molecule has 4 heterocycles. The van der Waals surface area contributed by atoms with Crippen LogP contribution in [0.2, 0.25) is 0 Å². The zero-order chi connectivity index (χ0) is 22.5. The van der Waals surface area contributed by atoms with Crippen molar-refractivity contribution in [2.24, 2.45) is 0 Å². The zero-order valence-electron chi connectivity index (χ0n) is 20.3. The summed E-state index contributed by atoms with van der Waals surface area (Å²) in [6.07, 6.45) is 13.4. The normalized spacial score (nSPS) is 23.7. The fraction of sp³-hybridized carbons (Fsp3) is 0.750. The van der Waals surface area contributed by atoms with Crippen LogP contribution in [-0.2, 0) is 0 Å². The maximum absolute atomic E-state index is 4.45. The minimum Gasteiger partial charge on any atom is -0.315 e. The van der Waals surface area contributed by atoms with Crippen molar-refractivity contribution >= 4 is 0 Å². The molecule has 8 heteroatoms. The highest BCUT2D eigenvalue weighted by Crippen LogP contribution is 2.28. The molecule has 176 valence electrons. The second-order valence-corrected chi connectivity index (χ2v) is 10.0. The van der Waals surface area contributed by atoms with E-state index in [9.17, 15) is 0 Å². The van der Waals surface area contributed by atoms with Crippen molar-refractivity contribution in [3.63, 3.8) is 0 Å². The average molecular weight is 441 g/mol. The molecule has 0 bridgehead atoms. The highest BCUT2D eigenvalue weighted by Gasteiger charge is 2.26. The molecule has 2 aromatic heterocycles. The molecule has 4 rings (SSSR count). The third kappa shape index (κ3) is 5.46. The molecule has 2 saturated heterocycles. The van der Waals surface area contributed by atoms with Gasteiger partial charge in [-0.25, -0.2) is 0 Å². The summed E-state index contributed by atoms with van der Waals surface area (Å²) in [5.41, 5.74) is 0. The molecule has 0 amide bonds. The van der Waals surface area contributed by atoms with E-state index in [0.717, 1.165) is 37.8 Å². The Morgan fingerprint density at radius 1 is 0.781 bits per heavy atom. The maximum atomic E-state index is 4.45. The summed E-state index contributed by atoms with van der Waals surface area (Å²) < 4.78 is 4.47. The first-order valence-corrected chi connectivity index (χ1v) is 12.4. The summed E-state index contributed by atoms with van der Waals surface area (Å²) in [5.74, 6) is 3.29. The Labute approximate surface area is 192 Å². The Kier molecular flexibility index (Phi) is 7.73. The van der Waals surface area contributed by atoms with E-state index in [2.05, 4.69) is 79.2 Å². The second kappa shape index (κ2) is 10.7. The van der Waals surface area contributed by atoms with Crippen molar-refractivity contribution in [3.05, 3.63) is 36.5 Å². The van der Waals surface area contributed by atoms with Crippen LogP contribution in [0.25, 0.3) is 0 Å². The lowest BCUT2D eigenvalue weighted by Gasteiger charge is -2.32. The van der Waals surface area contributed by atoms with Gasteiger partial charge in [-0.1, -0.05) is 12.2 Å². The van der Waals surface area contributed by atoms with Gasteiger partial charge in [0, 0.05) is 50.1 Å². The van der Waals surface area contributed by atoms with Crippen molar-refractivity contribution in [2.75, 3.05) is 39.3 Å². The molecule has 0 radical (unpaired) electrons. The lowest BCUT2D eigenvalue weighted by Crippen LogP contribution is -2.36. The van der Waals surface area contributed by atoms with Gasteiger partial charge in [0.05, 0.1) is 0 Å². The molecular weight excluding hydrogens is 400 g/mol. The minimum absolute atomic E-state index is 0.415. The summed E-state index contributed by atoms with van der Waals surface area (Å²) in [6, 6.07) is 0.830. The van der Waals surface area contributed by atoms with Gasteiger partial charge in [-0.2, -0.15) is 0 Å². The largest absolute Gasteiger partial charge is 0.315 e. The van der Waals surface area contributed by atoms with E-state index >= 15 is 0 Å². The maximum Gasteiger partial charge on any atom is 0.137 e. The summed E-state index contributed by atoms with van der Waals surface area (Å²) in [5, 5.41) is 17.2. The number of rotatable bonds is 8. The SMILES string of the molecule is CC(C)n1cnnc1C1CCCN(C/C=C/CN2CCCC(c3nncn3C(C)C)C2)C1. The van der Waals surface area contributed by atoms with Crippen molar-refractivity contribution in [2.45, 2.75) is 77.3 Å². The third-order valence-corrected chi connectivity index (χ3v) is 6.95. The fourth-order valence-electron chi connectivity index (χ4n) is 5.19. The van der Waals surface area contributed by atoms with E-state index in [1.54, 1.807) is 0 Å². The first kappa shape index (κ1) is 23.1. The van der Waals surface area contributed by atoms with Crippen LogP contribution in [0, 0.1) is 0 Å². The second-order valence-electron chi connectivity index (χ2n) is 10.0. The number of nitrogens with zero attached hydrogens (tertiary/aromatic N) is 8. The van der Waals surface area contributed by atoms with Crippen LogP contribution in [0.3, 0.4) is 0 Å². The molecule has 2 fully saturated rings. The summed E-state index contributed by atoms with van der Waals surface area (Å²) >= 11 is 0. The van der Waals surface area contributed by atoms with E-state index in [4.69, 9.17) is 0 Å². The van der Waals surface area contributed by atoms with Crippen molar-refractivity contribution in [1.82, 2.24) is 39.3 Å². The van der Waals surface area contributed by atoms with E-state index in [1.807, 2.05) is 12.7 Å². The van der Waals surface area contributed by atoms with E-state index in [1.165, 1.54) is 38.8 Å².